The Bertz CT molecular complexity index is 1710. The van der Waals surface area contributed by atoms with Crippen LogP contribution in [0.5, 0.6) is 5.75 Å². The van der Waals surface area contributed by atoms with E-state index in [2.05, 4.69) is 35.8 Å². The molecular weight excluding hydrogens is 538 g/mol. The largest absolute Gasteiger partial charge is 0.497 e. The SMILES string of the molecule is CCCCOC(=O)c1ccc2c(C3CCCCC3)c3n(c2c1)CC(c1ccccc1C(=O)OC)=Cc1cc(OC)ccc1-3. The van der Waals surface area contributed by atoms with Crippen LogP contribution in [0.2, 0.25) is 0 Å². The number of unbranched alkanes of at least 4 members (excludes halogenated alkanes) is 1. The molecule has 1 aliphatic heterocycles. The van der Waals surface area contributed by atoms with E-state index in [4.69, 9.17) is 14.2 Å². The summed E-state index contributed by atoms with van der Waals surface area (Å²) in [5, 5.41) is 1.18. The third-order valence-electron chi connectivity index (χ3n) is 8.93. The molecule has 6 heteroatoms. The Morgan fingerprint density at radius 1 is 0.907 bits per heavy atom. The van der Waals surface area contributed by atoms with Gasteiger partial charge in [-0.2, -0.15) is 0 Å². The van der Waals surface area contributed by atoms with Gasteiger partial charge in [0.25, 0.3) is 0 Å². The van der Waals surface area contributed by atoms with Gasteiger partial charge in [-0.25, -0.2) is 9.59 Å². The van der Waals surface area contributed by atoms with Gasteiger partial charge in [0.1, 0.15) is 5.75 Å². The number of methoxy groups -OCH3 is 2. The molecule has 0 radical (unpaired) electrons. The molecule has 0 spiro atoms. The Labute approximate surface area is 253 Å². The smallest absolute Gasteiger partial charge is 0.338 e. The Hall–Kier alpha value is -4.32. The van der Waals surface area contributed by atoms with Crippen molar-refractivity contribution in [2.75, 3.05) is 20.8 Å². The molecule has 0 saturated heterocycles. The van der Waals surface area contributed by atoms with Gasteiger partial charge in [-0.1, -0.05) is 56.9 Å². The van der Waals surface area contributed by atoms with Gasteiger partial charge >= 0.3 is 11.9 Å². The van der Waals surface area contributed by atoms with E-state index in [0.717, 1.165) is 59.2 Å². The van der Waals surface area contributed by atoms with Crippen molar-refractivity contribution in [1.29, 1.82) is 0 Å². The number of esters is 2. The van der Waals surface area contributed by atoms with E-state index in [-0.39, 0.29) is 11.9 Å². The van der Waals surface area contributed by atoms with Crippen LogP contribution in [0.4, 0.5) is 0 Å². The molecule has 1 aromatic heterocycles. The van der Waals surface area contributed by atoms with Crippen molar-refractivity contribution in [1.82, 2.24) is 4.57 Å². The van der Waals surface area contributed by atoms with Crippen LogP contribution in [-0.4, -0.2) is 37.3 Å². The maximum Gasteiger partial charge on any atom is 0.338 e. The summed E-state index contributed by atoms with van der Waals surface area (Å²) in [6.45, 7) is 3.02. The average Bonchev–Trinajstić information content (AvgIpc) is 3.27. The quantitative estimate of drug-likeness (QED) is 0.155. The van der Waals surface area contributed by atoms with Crippen molar-refractivity contribution in [2.45, 2.75) is 64.3 Å². The van der Waals surface area contributed by atoms with Crippen LogP contribution in [-0.2, 0) is 16.0 Å². The molecule has 0 unspecified atom stereocenters. The van der Waals surface area contributed by atoms with Gasteiger partial charge in [-0.05, 0) is 89.9 Å². The Kier molecular flexibility index (Phi) is 8.37. The van der Waals surface area contributed by atoms with Gasteiger partial charge in [0.05, 0.1) is 37.6 Å². The topological polar surface area (TPSA) is 66.8 Å². The van der Waals surface area contributed by atoms with Gasteiger partial charge in [0, 0.05) is 23.0 Å². The zero-order chi connectivity index (χ0) is 29.9. The maximum absolute atomic E-state index is 13.1. The van der Waals surface area contributed by atoms with E-state index in [0.29, 0.717) is 30.2 Å². The number of hydrogen-bond donors (Lipinski definition) is 0. The molecule has 0 bridgehead atoms. The molecule has 2 heterocycles. The second kappa shape index (κ2) is 12.5. The first-order chi connectivity index (χ1) is 21.0. The number of hydrogen-bond acceptors (Lipinski definition) is 5. The summed E-state index contributed by atoms with van der Waals surface area (Å²) in [5.41, 5.74) is 8.57. The van der Waals surface area contributed by atoms with Crippen LogP contribution in [0, 0.1) is 0 Å². The Balaban J connectivity index is 1.61. The highest BCUT2D eigenvalue weighted by Gasteiger charge is 2.30. The first-order valence-electron chi connectivity index (χ1n) is 15.4. The molecule has 3 aromatic carbocycles. The average molecular weight is 578 g/mol. The molecule has 0 amide bonds. The lowest BCUT2D eigenvalue weighted by Crippen LogP contribution is -2.09. The van der Waals surface area contributed by atoms with E-state index >= 15 is 0 Å². The minimum absolute atomic E-state index is 0.296. The minimum atomic E-state index is -0.371. The lowest BCUT2D eigenvalue weighted by Gasteiger charge is -2.24. The van der Waals surface area contributed by atoms with Crippen LogP contribution in [0.1, 0.15) is 95.2 Å². The van der Waals surface area contributed by atoms with E-state index < -0.39 is 0 Å². The molecule has 43 heavy (non-hydrogen) atoms. The molecule has 1 fully saturated rings. The summed E-state index contributed by atoms with van der Waals surface area (Å²) < 4.78 is 18.8. The van der Waals surface area contributed by atoms with Crippen molar-refractivity contribution in [3.63, 3.8) is 0 Å². The monoisotopic (exact) mass is 577 g/mol. The molecule has 6 nitrogen and oxygen atoms in total. The fourth-order valence-corrected chi connectivity index (χ4v) is 6.78. The van der Waals surface area contributed by atoms with Gasteiger partial charge in [0.15, 0.2) is 0 Å². The molecule has 1 aliphatic carbocycles. The van der Waals surface area contributed by atoms with Gasteiger partial charge in [-0.15, -0.1) is 0 Å². The molecule has 0 N–H and O–H groups in total. The third kappa shape index (κ3) is 5.47. The lowest BCUT2D eigenvalue weighted by molar-refractivity contribution is 0.0499. The van der Waals surface area contributed by atoms with Crippen molar-refractivity contribution in [3.8, 4) is 17.0 Å². The summed E-state index contributed by atoms with van der Waals surface area (Å²) >= 11 is 0. The number of benzene rings is 3. The Morgan fingerprint density at radius 3 is 2.49 bits per heavy atom. The van der Waals surface area contributed by atoms with Crippen LogP contribution < -0.4 is 4.74 Å². The minimum Gasteiger partial charge on any atom is -0.497 e. The zero-order valence-electron chi connectivity index (χ0n) is 25.3. The summed E-state index contributed by atoms with van der Waals surface area (Å²) in [4.78, 5) is 26.0. The van der Waals surface area contributed by atoms with Crippen LogP contribution >= 0.6 is 0 Å². The molecule has 1 saturated carbocycles. The number of carbonyl (C=O) groups is 2. The molecule has 6 rings (SSSR count). The van der Waals surface area contributed by atoms with Crippen LogP contribution in [0.15, 0.2) is 60.7 Å². The number of rotatable bonds is 8. The number of allylic oxidation sites excluding steroid dienone is 1. The van der Waals surface area contributed by atoms with Gasteiger partial charge in [-0.3, -0.25) is 0 Å². The third-order valence-corrected chi connectivity index (χ3v) is 8.93. The predicted molar refractivity (Wildman–Crippen MR) is 171 cm³/mol. The highest BCUT2D eigenvalue weighted by atomic mass is 16.5. The number of fused-ring (bicyclic) bond motifs is 5. The summed E-state index contributed by atoms with van der Waals surface area (Å²) in [6, 6.07) is 19.9. The second-order valence-corrected chi connectivity index (χ2v) is 11.6. The van der Waals surface area contributed by atoms with E-state index in [1.165, 1.54) is 43.0 Å². The normalized spacial score (nSPS) is 14.8. The number of nitrogens with zero attached hydrogens (tertiary/aromatic N) is 1. The van der Waals surface area contributed by atoms with Crippen molar-refractivity contribution < 1.29 is 23.8 Å². The van der Waals surface area contributed by atoms with E-state index in [1.54, 1.807) is 7.11 Å². The number of carbonyl (C=O) groups excluding carboxylic acids is 2. The fraction of sp³-hybridized carbons (Fsp3) is 0.351. The Morgan fingerprint density at radius 2 is 1.72 bits per heavy atom. The van der Waals surface area contributed by atoms with Crippen LogP contribution in [0.3, 0.4) is 0 Å². The molecule has 222 valence electrons. The van der Waals surface area contributed by atoms with Crippen molar-refractivity contribution >= 4 is 34.5 Å². The molecule has 2 aliphatic rings. The van der Waals surface area contributed by atoms with Gasteiger partial charge < -0.3 is 18.8 Å². The summed E-state index contributed by atoms with van der Waals surface area (Å²) in [7, 11) is 3.09. The van der Waals surface area contributed by atoms with E-state index in [1.807, 2.05) is 42.5 Å². The zero-order valence-corrected chi connectivity index (χ0v) is 25.3. The van der Waals surface area contributed by atoms with Crippen molar-refractivity contribution in [3.05, 3.63) is 88.5 Å². The second-order valence-electron chi connectivity index (χ2n) is 11.6. The van der Waals surface area contributed by atoms with Crippen molar-refractivity contribution in [2.24, 2.45) is 0 Å². The number of ether oxygens (including phenoxy) is 3. The van der Waals surface area contributed by atoms with Crippen LogP contribution in [0.25, 0.3) is 33.8 Å². The first kappa shape index (κ1) is 28.8. The summed E-state index contributed by atoms with van der Waals surface area (Å²) in [6.07, 6.45) is 9.96. The summed E-state index contributed by atoms with van der Waals surface area (Å²) in [5.74, 6) is 0.532. The number of aromatic nitrogens is 1. The molecule has 0 atom stereocenters. The molecule has 4 aromatic rings. The maximum atomic E-state index is 13.1. The molecular formula is C37H39NO5. The lowest BCUT2D eigenvalue weighted by atomic mass is 9.81. The fourth-order valence-electron chi connectivity index (χ4n) is 6.78. The predicted octanol–water partition coefficient (Wildman–Crippen LogP) is 8.66. The van der Waals surface area contributed by atoms with E-state index in [9.17, 15) is 9.59 Å². The van der Waals surface area contributed by atoms with Gasteiger partial charge in [0.2, 0.25) is 0 Å². The highest BCUT2D eigenvalue weighted by Crippen LogP contribution is 2.48. The first-order valence-corrected chi connectivity index (χ1v) is 15.4. The highest BCUT2D eigenvalue weighted by molar-refractivity contribution is 6.03. The standard InChI is InChI=1S/C37H39NO5/c1-4-5-19-43-36(39)25-15-17-32-33(22-25)38-23-27(29-13-9-10-14-31(29)37(40)42-3)20-26-21-28(41-2)16-18-30(26)35(38)34(32)24-11-7-6-8-12-24/h9-10,13-18,20-22,24H,4-8,11-12,19,23H2,1-3H3.